The van der Waals surface area contributed by atoms with E-state index in [4.69, 9.17) is 9.47 Å². The topological polar surface area (TPSA) is 93.1 Å². The summed E-state index contributed by atoms with van der Waals surface area (Å²) in [4.78, 5) is 38.3. The summed E-state index contributed by atoms with van der Waals surface area (Å²) in [7, 11) is 1.56. The first kappa shape index (κ1) is 22.7. The Bertz CT molecular complexity index is 1010. The number of Topliss-reactive ketones (excluding diaryl/α,β-unsaturated/α-hetero) is 1. The van der Waals surface area contributed by atoms with Gasteiger partial charge in [0.2, 0.25) is 0 Å². The van der Waals surface area contributed by atoms with E-state index in [0.29, 0.717) is 29.9 Å². The number of methoxy groups -OCH3 is 1. The van der Waals surface area contributed by atoms with Gasteiger partial charge in [-0.25, -0.2) is 0 Å². The summed E-state index contributed by atoms with van der Waals surface area (Å²) >= 11 is 3.34. The molecule has 2 aromatic rings. The van der Waals surface area contributed by atoms with Crippen LogP contribution in [-0.2, 0) is 19.1 Å². The largest absolute Gasteiger partial charge is 0.507 e. The highest BCUT2D eigenvalue weighted by Crippen LogP contribution is 2.40. The van der Waals surface area contributed by atoms with Crippen molar-refractivity contribution in [3.63, 3.8) is 0 Å². The third-order valence-corrected chi connectivity index (χ3v) is 5.39. The smallest absolute Gasteiger partial charge is 0.308 e. The quantitative estimate of drug-likeness (QED) is 0.159. The lowest BCUT2D eigenvalue weighted by molar-refractivity contribution is -0.140. The minimum Gasteiger partial charge on any atom is -0.507 e. The van der Waals surface area contributed by atoms with Crippen LogP contribution in [0, 0.1) is 0 Å². The van der Waals surface area contributed by atoms with Crippen molar-refractivity contribution >= 4 is 39.3 Å². The first-order valence-corrected chi connectivity index (χ1v) is 10.4. The molecule has 7 nitrogen and oxygen atoms in total. The van der Waals surface area contributed by atoms with Crippen LogP contribution >= 0.6 is 15.9 Å². The van der Waals surface area contributed by atoms with Gasteiger partial charge in [0, 0.05) is 37.2 Å². The summed E-state index contributed by atoms with van der Waals surface area (Å²) in [5.74, 6) is -1.76. The maximum atomic E-state index is 12.9. The highest BCUT2D eigenvalue weighted by Gasteiger charge is 2.45. The number of benzene rings is 2. The number of carbonyl (C=O) groups is 3. The summed E-state index contributed by atoms with van der Waals surface area (Å²) in [5, 5.41) is 11.0. The molecule has 1 fully saturated rings. The van der Waals surface area contributed by atoms with Crippen LogP contribution in [-0.4, -0.2) is 47.9 Å². The van der Waals surface area contributed by atoms with Crippen LogP contribution < -0.4 is 4.74 Å². The lowest BCUT2D eigenvalue weighted by atomic mass is 9.95. The summed E-state index contributed by atoms with van der Waals surface area (Å²) in [6, 6.07) is 12.6. The van der Waals surface area contributed by atoms with Crippen molar-refractivity contribution in [3.8, 4) is 5.75 Å². The number of ether oxygens (including phenoxy) is 2. The molecule has 1 aliphatic rings. The number of ketones is 1. The number of halogens is 1. The molecule has 1 N–H and O–H groups in total. The van der Waals surface area contributed by atoms with Crippen molar-refractivity contribution in [1.82, 2.24) is 4.90 Å². The number of hydrogen-bond acceptors (Lipinski definition) is 6. The van der Waals surface area contributed by atoms with Crippen LogP contribution in [0.5, 0.6) is 5.75 Å². The third-order valence-electron chi connectivity index (χ3n) is 4.86. The Morgan fingerprint density at radius 1 is 1.10 bits per heavy atom. The maximum absolute atomic E-state index is 12.9. The summed E-state index contributed by atoms with van der Waals surface area (Å²) in [6.45, 7) is 2.01. The molecule has 0 radical (unpaired) electrons. The first-order valence-electron chi connectivity index (χ1n) is 9.65. The fourth-order valence-electron chi connectivity index (χ4n) is 3.48. The molecule has 1 saturated heterocycles. The molecule has 0 bridgehead atoms. The second-order valence-electron chi connectivity index (χ2n) is 7.01. The molecular formula is C23H22BrNO6. The minimum absolute atomic E-state index is 0.0185. The van der Waals surface area contributed by atoms with E-state index in [1.54, 1.807) is 55.6 Å². The Balaban J connectivity index is 2.07. The van der Waals surface area contributed by atoms with Gasteiger partial charge in [-0.05, 0) is 36.2 Å². The van der Waals surface area contributed by atoms with E-state index in [1.807, 2.05) is 0 Å². The van der Waals surface area contributed by atoms with Crippen molar-refractivity contribution in [2.75, 3.05) is 20.3 Å². The van der Waals surface area contributed by atoms with E-state index in [9.17, 15) is 19.5 Å². The second-order valence-corrected chi connectivity index (χ2v) is 7.92. The number of likely N-dealkylation sites (tertiary alicyclic amines) is 1. The van der Waals surface area contributed by atoms with E-state index < -0.39 is 23.7 Å². The van der Waals surface area contributed by atoms with Gasteiger partial charge in [0.25, 0.3) is 11.7 Å². The molecule has 0 spiro atoms. The lowest BCUT2D eigenvalue weighted by Crippen LogP contribution is -2.31. The molecule has 3 rings (SSSR count). The molecule has 31 heavy (non-hydrogen) atoms. The van der Waals surface area contributed by atoms with Crippen molar-refractivity contribution in [2.45, 2.75) is 19.4 Å². The van der Waals surface area contributed by atoms with Gasteiger partial charge in [-0.3, -0.25) is 14.4 Å². The predicted octanol–water partition coefficient (Wildman–Crippen LogP) is 3.83. The van der Waals surface area contributed by atoms with Gasteiger partial charge >= 0.3 is 5.97 Å². The standard InChI is InChI=1S/C23H22BrNO6/c1-14(26)31-18-10-6-15(7-11-18)20-19(21(27)16-4-8-17(24)9-5-16)22(28)23(29)25(20)12-3-13-30-2/h4-11,20,27H,3,12-13H2,1-2H3/b21-19-. The van der Waals surface area contributed by atoms with Crippen molar-refractivity contribution in [2.24, 2.45) is 0 Å². The second kappa shape index (κ2) is 9.89. The zero-order valence-electron chi connectivity index (χ0n) is 17.1. The number of aliphatic hydroxyl groups is 1. The van der Waals surface area contributed by atoms with E-state index in [2.05, 4.69) is 15.9 Å². The average molecular weight is 488 g/mol. The van der Waals surface area contributed by atoms with Gasteiger partial charge < -0.3 is 19.5 Å². The van der Waals surface area contributed by atoms with Gasteiger partial charge in [-0.2, -0.15) is 0 Å². The average Bonchev–Trinajstić information content (AvgIpc) is 2.99. The molecule has 162 valence electrons. The molecule has 1 aliphatic heterocycles. The zero-order chi connectivity index (χ0) is 22.5. The number of carbonyl (C=O) groups excluding carboxylic acids is 3. The number of aliphatic hydroxyl groups excluding tert-OH is 1. The molecule has 2 aromatic carbocycles. The summed E-state index contributed by atoms with van der Waals surface area (Å²) in [6.07, 6.45) is 0.532. The molecule has 1 heterocycles. The van der Waals surface area contributed by atoms with Crippen LogP contribution in [0.1, 0.15) is 30.5 Å². The highest BCUT2D eigenvalue weighted by atomic mass is 79.9. The van der Waals surface area contributed by atoms with Crippen LogP contribution in [0.15, 0.2) is 58.6 Å². The molecule has 1 unspecified atom stereocenters. The monoisotopic (exact) mass is 487 g/mol. The molecule has 1 atom stereocenters. The Morgan fingerprint density at radius 3 is 2.32 bits per heavy atom. The molecule has 0 saturated carbocycles. The SMILES string of the molecule is COCCCN1C(=O)C(=O)/C(=C(\O)c2ccc(Br)cc2)C1c1ccc(OC(C)=O)cc1. The Kier molecular flexibility index (Phi) is 7.25. The zero-order valence-corrected chi connectivity index (χ0v) is 18.7. The number of hydrogen-bond donors (Lipinski definition) is 1. The number of nitrogens with zero attached hydrogens (tertiary/aromatic N) is 1. The van der Waals surface area contributed by atoms with Gasteiger partial charge in [-0.15, -0.1) is 0 Å². The van der Waals surface area contributed by atoms with Gasteiger partial charge in [-0.1, -0.05) is 40.2 Å². The Labute approximate surface area is 188 Å². The van der Waals surface area contributed by atoms with Crippen LogP contribution in [0.4, 0.5) is 0 Å². The van der Waals surface area contributed by atoms with Crippen LogP contribution in [0.2, 0.25) is 0 Å². The maximum Gasteiger partial charge on any atom is 0.308 e. The van der Waals surface area contributed by atoms with Crippen molar-refractivity contribution < 1.29 is 29.0 Å². The van der Waals surface area contributed by atoms with Gasteiger partial charge in [0.1, 0.15) is 11.5 Å². The molecule has 8 heteroatoms. The Morgan fingerprint density at radius 2 is 1.74 bits per heavy atom. The minimum atomic E-state index is -0.771. The van der Waals surface area contributed by atoms with E-state index in [1.165, 1.54) is 11.8 Å². The lowest BCUT2D eigenvalue weighted by Gasteiger charge is -2.25. The fraction of sp³-hybridized carbons (Fsp3) is 0.261. The predicted molar refractivity (Wildman–Crippen MR) is 117 cm³/mol. The normalized spacial score (nSPS) is 17.8. The van der Waals surface area contributed by atoms with Crippen LogP contribution in [0.25, 0.3) is 5.76 Å². The molecule has 1 amide bonds. The van der Waals surface area contributed by atoms with E-state index in [0.717, 1.165) is 4.47 Å². The molecular weight excluding hydrogens is 466 g/mol. The number of rotatable bonds is 7. The van der Waals surface area contributed by atoms with E-state index >= 15 is 0 Å². The van der Waals surface area contributed by atoms with E-state index in [-0.39, 0.29) is 17.9 Å². The fourth-order valence-corrected chi connectivity index (χ4v) is 3.75. The number of esters is 1. The first-order chi connectivity index (χ1) is 14.8. The third kappa shape index (κ3) is 5.03. The molecule has 0 aliphatic carbocycles. The van der Waals surface area contributed by atoms with Crippen molar-refractivity contribution in [1.29, 1.82) is 0 Å². The molecule has 0 aromatic heterocycles. The van der Waals surface area contributed by atoms with Gasteiger partial charge in [0.15, 0.2) is 0 Å². The van der Waals surface area contributed by atoms with Gasteiger partial charge in [0.05, 0.1) is 11.6 Å². The summed E-state index contributed by atoms with van der Waals surface area (Å²) < 4.78 is 11.0. The van der Waals surface area contributed by atoms with Crippen molar-refractivity contribution in [3.05, 3.63) is 69.7 Å². The highest BCUT2D eigenvalue weighted by molar-refractivity contribution is 9.10. The summed E-state index contributed by atoms with van der Waals surface area (Å²) in [5.41, 5.74) is 1.07. The van der Waals surface area contributed by atoms with Crippen LogP contribution in [0.3, 0.4) is 0 Å². The number of amides is 1. The Hall–Kier alpha value is -2.97.